The van der Waals surface area contributed by atoms with E-state index in [0.29, 0.717) is 17.8 Å². The maximum absolute atomic E-state index is 12.1. The SMILES string of the molecule is CCC(=O)Nc1cccc(NC(=O)C(C)=C2CNC2)c1. The van der Waals surface area contributed by atoms with E-state index in [1.54, 1.807) is 31.2 Å². The summed E-state index contributed by atoms with van der Waals surface area (Å²) in [6.07, 6.45) is 0.425. The molecule has 1 heterocycles. The molecule has 1 aliphatic heterocycles. The molecule has 1 saturated heterocycles. The molecule has 5 heteroatoms. The van der Waals surface area contributed by atoms with E-state index in [-0.39, 0.29) is 11.8 Å². The minimum atomic E-state index is -0.0968. The number of anilines is 2. The second kappa shape index (κ2) is 6.34. The molecule has 0 radical (unpaired) electrons. The van der Waals surface area contributed by atoms with Crippen LogP contribution in [0.3, 0.4) is 0 Å². The Hall–Kier alpha value is -2.14. The summed E-state index contributed by atoms with van der Waals surface area (Å²) in [5.74, 6) is -0.146. The van der Waals surface area contributed by atoms with Crippen LogP contribution in [-0.4, -0.2) is 24.9 Å². The fraction of sp³-hybridized carbons (Fsp3) is 0.333. The molecule has 106 valence electrons. The Morgan fingerprint density at radius 2 is 1.85 bits per heavy atom. The van der Waals surface area contributed by atoms with Gasteiger partial charge >= 0.3 is 0 Å². The molecule has 0 aromatic heterocycles. The zero-order valence-corrected chi connectivity index (χ0v) is 11.7. The van der Waals surface area contributed by atoms with Gasteiger partial charge in [0.1, 0.15) is 0 Å². The lowest BCUT2D eigenvalue weighted by molar-refractivity contribution is -0.116. The third-order valence-electron chi connectivity index (χ3n) is 3.27. The van der Waals surface area contributed by atoms with Crippen molar-refractivity contribution < 1.29 is 9.59 Å². The van der Waals surface area contributed by atoms with Crippen LogP contribution in [0.5, 0.6) is 0 Å². The Bertz CT molecular complexity index is 558. The van der Waals surface area contributed by atoms with E-state index in [1.807, 2.05) is 6.92 Å². The van der Waals surface area contributed by atoms with Crippen molar-refractivity contribution in [2.24, 2.45) is 0 Å². The van der Waals surface area contributed by atoms with Gasteiger partial charge in [-0.15, -0.1) is 0 Å². The van der Waals surface area contributed by atoms with Gasteiger partial charge in [0.05, 0.1) is 0 Å². The quantitative estimate of drug-likeness (QED) is 0.734. The average Bonchev–Trinajstić information content (AvgIpc) is 2.36. The molecule has 0 atom stereocenters. The fourth-order valence-corrected chi connectivity index (χ4v) is 1.82. The van der Waals surface area contributed by atoms with Crippen molar-refractivity contribution in [2.75, 3.05) is 23.7 Å². The standard InChI is InChI=1S/C15H19N3O2/c1-3-14(19)17-12-5-4-6-13(7-12)18-15(20)10(2)11-8-16-9-11/h4-7,16H,3,8-9H2,1-2H3,(H,17,19)(H,18,20). The van der Waals surface area contributed by atoms with Gasteiger partial charge in [-0.2, -0.15) is 0 Å². The summed E-state index contributed by atoms with van der Waals surface area (Å²) in [7, 11) is 0. The van der Waals surface area contributed by atoms with Crippen LogP contribution in [0, 0.1) is 0 Å². The molecule has 0 spiro atoms. The molecule has 1 aromatic carbocycles. The first-order valence-electron chi connectivity index (χ1n) is 6.70. The normalized spacial score (nSPS) is 13.4. The van der Waals surface area contributed by atoms with E-state index in [0.717, 1.165) is 24.2 Å². The second-order valence-corrected chi connectivity index (χ2v) is 4.77. The lowest BCUT2D eigenvalue weighted by Gasteiger charge is -2.21. The van der Waals surface area contributed by atoms with Gasteiger partial charge in [0, 0.05) is 36.5 Å². The van der Waals surface area contributed by atoms with Crippen molar-refractivity contribution >= 4 is 23.2 Å². The highest BCUT2D eigenvalue weighted by Gasteiger charge is 2.16. The summed E-state index contributed by atoms with van der Waals surface area (Å²) in [5.41, 5.74) is 3.26. The van der Waals surface area contributed by atoms with Crippen molar-refractivity contribution in [1.29, 1.82) is 0 Å². The molecule has 1 aliphatic rings. The lowest BCUT2D eigenvalue weighted by Crippen LogP contribution is -2.36. The zero-order valence-electron chi connectivity index (χ0n) is 11.7. The lowest BCUT2D eigenvalue weighted by atomic mass is 10.0. The third kappa shape index (κ3) is 3.45. The van der Waals surface area contributed by atoms with Crippen molar-refractivity contribution in [3.8, 4) is 0 Å². The number of carbonyl (C=O) groups excluding carboxylic acids is 2. The number of carbonyl (C=O) groups is 2. The van der Waals surface area contributed by atoms with E-state index in [9.17, 15) is 9.59 Å². The number of hydrogen-bond acceptors (Lipinski definition) is 3. The molecule has 20 heavy (non-hydrogen) atoms. The fourth-order valence-electron chi connectivity index (χ4n) is 1.82. The molecule has 5 nitrogen and oxygen atoms in total. The first-order chi connectivity index (χ1) is 9.60. The molecule has 3 N–H and O–H groups in total. The van der Waals surface area contributed by atoms with Crippen molar-refractivity contribution in [2.45, 2.75) is 20.3 Å². The Balaban J connectivity index is 2.04. The molecule has 1 fully saturated rings. The molecule has 0 saturated carbocycles. The van der Waals surface area contributed by atoms with Crippen LogP contribution < -0.4 is 16.0 Å². The van der Waals surface area contributed by atoms with Gasteiger partial charge in [-0.25, -0.2) is 0 Å². The molecular weight excluding hydrogens is 254 g/mol. The average molecular weight is 273 g/mol. The highest BCUT2D eigenvalue weighted by molar-refractivity contribution is 6.04. The first kappa shape index (κ1) is 14.3. The maximum Gasteiger partial charge on any atom is 0.251 e. The van der Waals surface area contributed by atoms with Gasteiger partial charge in [-0.05, 0) is 30.7 Å². The van der Waals surface area contributed by atoms with Crippen LogP contribution in [-0.2, 0) is 9.59 Å². The van der Waals surface area contributed by atoms with Gasteiger partial charge in [-0.1, -0.05) is 13.0 Å². The van der Waals surface area contributed by atoms with Crippen LogP contribution in [0.1, 0.15) is 20.3 Å². The molecule has 1 aromatic rings. The van der Waals surface area contributed by atoms with Gasteiger partial charge in [-0.3, -0.25) is 9.59 Å². The number of hydrogen-bond donors (Lipinski definition) is 3. The minimum Gasteiger partial charge on any atom is -0.326 e. The molecule has 0 bridgehead atoms. The maximum atomic E-state index is 12.1. The predicted molar refractivity (Wildman–Crippen MR) is 79.6 cm³/mol. The van der Waals surface area contributed by atoms with Crippen molar-refractivity contribution in [1.82, 2.24) is 5.32 Å². The Morgan fingerprint density at radius 1 is 1.20 bits per heavy atom. The summed E-state index contributed by atoms with van der Waals surface area (Å²) in [6, 6.07) is 7.15. The summed E-state index contributed by atoms with van der Waals surface area (Å²) in [4.78, 5) is 23.4. The Kier molecular flexibility index (Phi) is 4.53. The number of amides is 2. The van der Waals surface area contributed by atoms with E-state index in [4.69, 9.17) is 0 Å². The summed E-state index contributed by atoms with van der Waals surface area (Å²) >= 11 is 0. The Morgan fingerprint density at radius 3 is 2.40 bits per heavy atom. The summed E-state index contributed by atoms with van der Waals surface area (Å²) in [6.45, 7) is 5.19. The van der Waals surface area contributed by atoms with E-state index >= 15 is 0 Å². The van der Waals surface area contributed by atoms with Gasteiger partial charge in [0.15, 0.2) is 0 Å². The molecular formula is C15H19N3O2. The monoisotopic (exact) mass is 273 g/mol. The topological polar surface area (TPSA) is 70.2 Å². The predicted octanol–water partition coefficient (Wildman–Crippen LogP) is 1.89. The van der Waals surface area contributed by atoms with E-state index in [1.165, 1.54) is 0 Å². The van der Waals surface area contributed by atoms with Crippen LogP contribution in [0.25, 0.3) is 0 Å². The summed E-state index contributed by atoms with van der Waals surface area (Å²) < 4.78 is 0. The van der Waals surface area contributed by atoms with Gasteiger partial charge < -0.3 is 16.0 Å². The Labute approximate surface area is 118 Å². The van der Waals surface area contributed by atoms with Gasteiger partial charge in [0.2, 0.25) is 5.91 Å². The van der Waals surface area contributed by atoms with Crippen LogP contribution in [0.15, 0.2) is 35.4 Å². The van der Waals surface area contributed by atoms with Gasteiger partial charge in [0.25, 0.3) is 5.91 Å². The van der Waals surface area contributed by atoms with Crippen LogP contribution in [0.2, 0.25) is 0 Å². The molecule has 0 unspecified atom stereocenters. The van der Waals surface area contributed by atoms with Crippen LogP contribution >= 0.6 is 0 Å². The zero-order chi connectivity index (χ0) is 14.5. The third-order valence-corrected chi connectivity index (χ3v) is 3.27. The van der Waals surface area contributed by atoms with E-state index < -0.39 is 0 Å². The molecule has 2 amide bonds. The highest BCUT2D eigenvalue weighted by atomic mass is 16.2. The van der Waals surface area contributed by atoms with E-state index in [2.05, 4.69) is 16.0 Å². The number of rotatable bonds is 4. The number of benzene rings is 1. The molecule has 2 rings (SSSR count). The van der Waals surface area contributed by atoms with Crippen molar-refractivity contribution in [3.05, 3.63) is 35.4 Å². The smallest absolute Gasteiger partial charge is 0.251 e. The largest absolute Gasteiger partial charge is 0.326 e. The summed E-state index contributed by atoms with van der Waals surface area (Å²) in [5, 5.41) is 8.73. The molecule has 0 aliphatic carbocycles. The minimum absolute atomic E-state index is 0.0488. The highest BCUT2D eigenvalue weighted by Crippen LogP contribution is 2.17. The van der Waals surface area contributed by atoms with Crippen LogP contribution in [0.4, 0.5) is 11.4 Å². The first-order valence-corrected chi connectivity index (χ1v) is 6.70. The number of nitrogens with one attached hydrogen (secondary N) is 3. The second-order valence-electron chi connectivity index (χ2n) is 4.77. The van der Waals surface area contributed by atoms with Crippen molar-refractivity contribution in [3.63, 3.8) is 0 Å².